The SMILES string of the molecule is Cc1ncsc1C(=O)Nc1ccnn1-c1cccc(Cl)c1. The molecule has 3 aromatic rings. The Morgan fingerprint density at radius 2 is 2.24 bits per heavy atom. The van der Waals surface area contributed by atoms with Gasteiger partial charge in [-0.15, -0.1) is 11.3 Å². The largest absolute Gasteiger partial charge is 0.306 e. The molecule has 0 radical (unpaired) electrons. The van der Waals surface area contributed by atoms with E-state index in [1.54, 1.807) is 41.5 Å². The first-order chi connectivity index (χ1) is 10.1. The van der Waals surface area contributed by atoms with Gasteiger partial charge in [-0.1, -0.05) is 17.7 Å². The lowest BCUT2D eigenvalue weighted by Gasteiger charge is -2.08. The Morgan fingerprint density at radius 3 is 2.95 bits per heavy atom. The Morgan fingerprint density at radius 1 is 1.38 bits per heavy atom. The second kappa shape index (κ2) is 5.67. The topological polar surface area (TPSA) is 59.8 Å². The molecular weight excluding hydrogens is 308 g/mol. The minimum absolute atomic E-state index is 0.196. The second-order valence-corrected chi connectivity index (χ2v) is 5.62. The first kappa shape index (κ1) is 13.8. The lowest BCUT2D eigenvalue weighted by molar-refractivity contribution is 0.102. The third kappa shape index (κ3) is 2.81. The molecular formula is C14H11ClN4OS. The van der Waals surface area contributed by atoms with Crippen molar-refractivity contribution in [2.24, 2.45) is 0 Å². The highest BCUT2D eigenvalue weighted by molar-refractivity contribution is 7.12. The van der Waals surface area contributed by atoms with E-state index in [-0.39, 0.29) is 5.91 Å². The van der Waals surface area contributed by atoms with Crippen LogP contribution < -0.4 is 5.32 Å². The van der Waals surface area contributed by atoms with Crippen molar-refractivity contribution in [2.45, 2.75) is 6.92 Å². The highest BCUT2D eigenvalue weighted by atomic mass is 35.5. The molecule has 0 spiro atoms. The summed E-state index contributed by atoms with van der Waals surface area (Å²) in [7, 11) is 0. The van der Waals surface area contributed by atoms with Crippen LogP contribution in [0, 0.1) is 6.92 Å². The van der Waals surface area contributed by atoms with E-state index in [9.17, 15) is 4.79 Å². The van der Waals surface area contributed by atoms with Gasteiger partial charge >= 0.3 is 0 Å². The molecule has 0 aliphatic carbocycles. The normalized spacial score (nSPS) is 10.6. The van der Waals surface area contributed by atoms with Crippen molar-refractivity contribution in [2.75, 3.05) is 5.32 Å². The van der Waals surface area contributed by atoms with Crippen molar-refractivity contribution in [3.63, 3.8) is 0 Å². The van der Waals surface area contributed by atoms with E-state index in [1.165, 1.54) is 11.3 Å². The van der Waals surface area contributed by atoms with Crippen molar-refractivity contribution >= 4 is 34.7 Å². The Hall–Kier alpha value is -2.18. The van der Waals surface area contributed by atoms with Crippen LogP contribution in [0.5, 0.6) is 0 Å². The second-order valence-electron chi connectivity index (χ2n) is 4.33. The van der Waals surface area contributed by atoms with Gasteiger partial charge in [0.1, 0.15) is 10.7 Å². The summed E-state index contributed by atoms with van der Waals surface area (Å²) in [5.41, 5.74) is 3.15. The zero-order valence-electron chi connectivity index (χ0n) is 11.1. The third-order valence-corrected chi connectivity index (χ3v) is 4.05. The van der Waals surface area contributed by atoms with E-state index in [2.05, 4.69) is 15.4 Å². The van der Waals surface area contributed by atoms with Crippen molar-refractivity contribution in [3.8, 4) is 5.69 Å². The standard InChI is InChI=1S/C14H11ClN4OS/c1-9-13(21-8-16-9)14(20)18-12-5-6-17-19(12)11-4-2-3-10(15)7-11/h2-8H,1H3,(H,18,20). The summed E-state index contributed by atoms with van der Waals surface area (Å²) in [6, 6.07) is 9.00. The molecule has 0 atom stereocenters. The molecule has 0 saturated carbocycles. The summed E-state index contributed by atoms with van der Waals surface area (Å²) in [4.78, 5) is 16.9. The fourth-order valence-electron chi connectivity index (χ4n) is 1.90. The maximum atomic E-state index is 12.2. The van der Waals surface area contributed by atoms with Crippen molar-refractivity contribution < 1.29 is 4.79 Å². The molecule has 0 saturated heterocycles. The lowest BCUT2D eigenvalue weighted by Crippen LogP contribution is -2.15. The number of nitrogens with one attached hydrogen (secondary N) is 1. The van der Waals surface area contributed by atoms with Crippen molar-refractivity contribution in [1.29, 1.82) is 0 Å². The summed E-state index contributed by atoms with van der Waals surface area (Å²) >= 11 is 7.30. The number of carbonyl (C=O) groups excluding carboxylic acids is 1. The van der Waals surface area contributed by atoms with Gasteiger partial charge in [-0.2, -0.15) is 5.10 Å². The van der Waals surface area contributed by atoms with Gasteiger partial charge in [-0.3, -0.25) is 4.79 Å². The van der Waals surface area contributed by atoms with Crippen LogP contribution >= 0.6 is 22.9 Å². The highest BCUT2D eigenvalue weighted by Crippen LogP contribution is 2.20. The number of hydrogen-bond acceptors (Lipinski definition) is 4. The molecule has 0 fully saturated rings. The van der Waals surface area contributed by atoms with Gasteiger partial charge in [-0.25, -0.2) is 9.67 Å². The molecule has 7 heteroatoms. The Labute approximate surface area is 130 Å². The van der Waals surface area contributed by atoms with Gasteiger partial charge in [0.15, 0.2) is 0 Å². The van der Waals surface area contributed by atoms with Crippen LogP contribution in [-0.2, 0) is 0 Å². The van der Waals surface area contributed by atoms with E-state index < -0.39 is 0 Å². The maximum absolute atomic E-state index is 12.2. The van der Waals surface area contributed by atoms with Crippen LogP contribution in [0.4, 0.5) is 5.82 Å². The van der Waals surface area contributed by atoms with Gasteiger partial charge < -0.3 is 5.32 Å². The maximum Gasteiger partial charge on any atom is 0.268 e. The number of anilines is 1. The molecule has 1 amide bonds. The summed E-state index contributed by atoms with van der Waals surface area (Å²) in [5, 5.41) is 7.67. The molecule has 106 valence electrons. The van der Waals surface area contributed by atoms with Gasteiger partial charge in [0.25, 0.3) is 5.91 Å². The number of hydrogen-bond donors (Lipinski definition) is 1. The van der Waals surface area contributed by atoms with Gasteiger partial charge in [-0.05, 0) is 25.1 Å². The van der Waals surface area contributed by atoms with Gasteiger partial charge in [0, 0.05) is 11.1 Å². The molecule has 0 bridgehead atoms. The Balaban J connectivity index is 1.90. The molecule has 5 nitrogen and oxygen atoms in total. The fraction of sp³-hybridized carbons (Fsp3) is 0.0714. The van der Waals surface area contributed by atoms with Crippen LogP contribution in [0.15, 0.2) is 42.0 Å². The Bertz CT molecular complexity index is 796. The number of aromatic nitrogens is 3. The molecule has 0 aliphatic heterocycles. The molecule has 2 heterocycles. The number of amides is 1. The first-order valence-electron chi connectivity index (χ1n) is 6.16. The third-order valence-electron chi connectivity index (χ3n) is 2.89. The summed E-state index contributed by atoms with van der Waals surface area (Å²) < 4.78 is 1.63. The smallest absolute Gasteiger partial charge is 0.268 e. The molecule has 3 rings (SSSR count). The van der Waals surface area contributed by atoms with Crippen LogP contribution in [0.1, 0.15) is 15.4 Å². The predicted octanol–water partition coefficient (Wildman–Crippen LogP) is 3.54. The fourth-order valence-corrected chi connectivity index (χ4v) is 2.79. The minimum Gasteiger partial charge on any atom is -0.306 e. The van der Waals surface area contributed by atoms with Crippen LogP contribution in [0.2, 0.25) is 5.02 Å². The highest BCUT2D eigenvalue weighted by Gasteiger charge is 2.14. The predicted molar refractivity (Wildman–Crippen MR) is 83.4 cm³/mol. The number of thiazole rings is 1. The van der Waals surface area contributed by atoms with E-state index in [0.717, 1.165) is 5.69 Å². The number of nitrogens with zero attached hydrogens (tertiary/aromatic N) is 3. The molecule has 0 aliphatic rings. The van der Waals surface area contributed by atoms with E-state index >= 15 is 0 Å². The average Bonchev–Trinajstić information content (AvgIpc) is 3.07. The van der Waals surface area contributed by atoms with Crippen LogP contribution in [0.25, 0.3) is 5.69 Å². The van der Waals surface area contributed by atoms with E-state index in [0.29, 0.717) is 21.4 Å². The number of aryl methyl sites for hydroxylation is 1. The number of rotatable bonds is 3. The summed E-state index contributed by atoms with van der Waals surface area (Å²) in [5.74, 6) is 0.383. The number of carbonyl (C=O) groups is 1. The molecule has 0 unspecified atom stereocenters. The van der Waals surface area contributed by atoms with Gasteiger partial charge in [0.05, 0.1) is 23.1 Å². The molecule has 1 N–H and O–H groups in total. The van der Waals surface area contributed by atoms with Crippen molar-refractivity contribution in [1.82, 2.24) is 14.8 Å². The monoisotopic (exact) mass is 318 g/mol. The Kier molecular flexibility index (Phi) is 3.72. The summed E-state index contributed by atoms with van der Waals surface area (Å²) in [6.07, 6.45) is 1.62. The molecule has 1 aromatic carbocycles. The number of halogens is 1. The molecule has 2 aromatic heterocycles. The zero-order chi connectivity index (χ0) is 14.8. The zero-order valence-corrected chi connectivity index (χ0v) is 12.6. The van der Waals surface area contributed by atoms with Crippen molar-refractivity contribution in [3.05, 3.63) is 57.6 Å². The minimum atomic E-state index is -0.196. The quantitative estimate of drug-likeness (QED) is 0.803. The lowest BCUT2D eigenvalue weighted by atomic mass is 10.3. The molecule has 21 heavy (non-hydrogen) atoms. The van der Waals surface area contributed by atoms with E-state index in [1.807, 2.05) is 12.1 Å². The summed E-state index contributed by atoms with van der Waals surface area (Å²) in [6.45, 7) is 1.81. The van der Waals surface area contributed by atoms with Crippen LogP contribution in [-0.4, -0.2) is 20.7 Å². The van der Waals surface area contributed by atoms with Gasteiger partial charge in [0.2, 0.25) is 0 Å². The van der Waals surface area contributed by atoms with E-state index in [4.69, 9.17) is 11.6 Å². The number of benzene rings is 1. The average molecular weight is 319 g/mol. The van der Waals surface area contributed by atoms with Crippen LogP contribution in [0.3, 0.4) is 0 Å². The first-order valence-corrected chi connectivity index (χ1v) is 7.42.